The molecule has 0 saturated carbocycles. The van der Waals surface area contributed by atoms with Gasteiger partial charge in [-0.3, -0.25) is 0 Å². The first-order chi connectivity index (χ1) is 17.6. The molecule has 186 valence electrons. The van der Waals surface area contributed by atoms with E-state index in [9.17, 15) is 9.90 Å². The molecule has 1 atom stereocenters. The molecule has 2 heterocycles. The van der Waals surface area contributed by atoms with E-state index < -0.39 is 12.1 Å². The van der Waals surface area contributed by atoms with Crippen LogP contribution in [0.1, 0.15) is 23.7 Å². The van der Waals surface area contributed by atoms with Gasteiger partial charge in [-0.25, -0.2) is 9.78 Å². The maximum Gasteiger partial charge on any atom is 0.333 e. The lowest BCUT2D eigenvalue weighted by Gasteiger charge is -2.13. The van der Waals surface area contributed by atoms with Gasteiger partial charge in [0.2, 0.25) is 0 Å². The molecule has 0 aliphatic heterocycles. The first kappa shape index (κ1) is 24.9. The zero-order valence-corrected chi connectivity index (χ0v) is 20.3. The molecule has 4 rings (SSSR count). The van der Waals surface area contributed by atoms with Crippen molar-refractivity contribution in [3.63, 3.8) is 0 Å². The van der Waals surface area contributed by atoms with Crippen LogP contribution in [0.25, 0.3) is 11.0 Å². The number of nitrogens with zero attached hydrogens (tertiary/aromatic N) is 3. The molecule has 0 bridgehead atoms. The monoisotopic (exact) mass is 487 g/mol. The van der Waals surface area contributed by atoms with E-state index in [0.29, 0.717) is 37.6 Å². The van der Waals surface area contributed by atoms with Gasteiger partial charge in [0.25, 0.3) is 0 Å². The molecule has 0 saturated heterocycles. The summed E-state index contributed by atoms with van der Waals surface area (Å²) in [6.07, 6.45) is 1.45. The van der Waals surface area contributed by atoms with E-state index in [1.807, 2.05) is 83.6 Å². The van der Waals surface area contributed by atoms with Crippen molar-refractivity contribution < 1.29 is 24.2 Å². The molecule has 8 heteroatoms. The maximum atomic E-state index is 11.3. The van der Waals surface area contributed by atoms with Crippen molar-refractivity contribution >= 4 is 22.7 Å². The molecule has 1 N–H and O–H groups in total. The zero-order valence-electron chi connectivity index (χ0n) is 20.3. The van der Waals surface area contributed by atoms with Crippen LogP contribution in [-0.2, 0) is 27.3 Å². The molecule has 8 nitrogen and oxygen atoms in total. The minimum absolute atomic E-state index is 0.310. The van der Waals surface area contributed by atoms with Crippen LogP contribution in [0.3, 0.4) is 0 Å². The van der Waals surface area contributed by atoms with Gasteiger partial charge in [-0.15, -0.1) is 0 Å². The van der Waals surface area contributed by atoms with Crippen LogP contribution in [0.5, 0.6) is 5.75 Å². The SMILES string of the molecule is CCO[C@@H](Cc1ccc(OCCn2ccc3ccc(C(=NOC)c4ccccc4)nc32)cc1)C(=O)O. The van der Waals surface area contributed by atoms with Crippen LogP contribution in [0.15, 0.2) is 84.1 Å². The Hall–Kier alpha value is -4.17. The molecule has 2 aromatic heterocycles. The highest BCUT2D eigenvalue weighted by Gasteiger charge is 2.18. The van der Waals surface area contributed by atoms with Gasteiger partial charge in [0.15, 0.2) is 6.10 Å². The van der Waals surface area contributed by atoms with E-state index in [-0.39, 0.29) is 0 Å². The number of oxime groups is 1. The summed E-state index contributed by atoms with van der Waals surface area (Å²) in [6, 6.07) is 23.2. The Labute approximate surface area is 209 Å². The Morgan fingerprint density at radius 1 is 1.06 bits per heavy atom. The van der Waals surface area contributed by atoms with Crippen molar-refractivity contribution in [3.8, 4) is 5.75 Å². The molecule has 0 amide bonds. The molecule has 36 heavy (non-hydrogen) atoms. The summed E-state index contributed by atoms with van der Waals surface area (Å²) < 4.78 is 13.3. The van der Waals surface area contributed by atoms with E-state index >= 15 is 0 Å². The van der Waals surface area contributed by atoms with Gasteiger partial charge in [-0.05, 0) is 42.8 Å². The van der Waals surface area contributed by atoms with Crippen LogP contribution in [-0.4, -0.2) is 52.8 Å². The molecular formula is C28H29N3O5. The number of ether oxygens (including phenoxy) is 2. The first-order valence-corrected chi connectivity index (χ1v) is 11.8. The van der Waals surface area contributed by atoms with Crippen molar-refractivity contribution in [2.24, 2.45) is 5.16 Å². The summed E-state index contributed by atoms with van der Waals surface area (Å²) in [5.74, 6) is -0.247. The van der Waals surface area contributed by atoms with Gasteiger partial charge in [-0.1, -0.05) is 47.6 Å². The normalized spacial score (nSPS) is 12.4. The number of rotatable bonds is 12. The molecule has 2 aromatic carbocycles. The number of carbonyl (C=O) groups is 1. The van der Waals surface area contributed by atoms with Gasteiger partial charge in [0.1, 0.15) is 30.8 Å². The third-order valence-electron chi connectivity index (χ3n) is 5.67. The lowest BCUT2D eigenvalue weighted by Crippen LogP contribution is -2.26. The smallest absolute Gasteiger partial charge is 0.333 e. The summed E-state index contributed by atoms with van der Waals surface area (Å²) in [4.78, 5) is 21.3. The predicted octanol–water partition coefficient (Wildman–Crippen LogP) is 4.55. The van der Waals surface area contributed by atoms with Crippen molar-refractivity contribution in [3.05, 3.63) is 95.8 Å². The molecular weight excluding hydrogens is 458 g/mol. The summed E-state index contributed by atoms with van der Waals surface area (Å²) in [5.41, 5.74) is 4.02. The summed E-state index contributed by atoms with van der Waals surface area (Å²) in [7, 11) is 1.53. The minimum atomic E-state index is -0.961. The highest BCUT2D eigenvalue weighted by atomic mass is 16.6. The Balaban J connectivity index is 1.42. The highest BCUT2D eigenvalue weighted by molar-refractivity contribution is 6.12. The Kier molecular flexibility index (Phi) is 8.31. The highest BCUT2D eigenvalue weighted by Crippen LogP contribution is 2.19. The van der Waals surface area contributed by atoms with Crippen LogP contribution in [0, 0.1) is 0 Å². The number of aromatic nitrogens is 2. The van der Waals surface area contributed by atoms with Gasteiger partial charge >= 0.3 is 5.97 Å². The minimum Gasteiger partial charge on any atom is -0.492 e. The van der Waals surface area contributed by atoms with Crippen LogP contribution in [0.2, 0.25) is 0 Å². The molecule has 0 radical (unpaired) electrons. The topological polar surface area (TPSA) is 95.2 Å². The lowest BCUT2D eigenvalue weighted by atomic mass is 10.1. The second-order valence-electron chi connectivity index (χ2n) is 8.09. The van der Waals surface area contributed by atoms with Crippen molar-refractivity contribution in [1.29, 1.82) is 0 Å². The zero-order chi connectivity index (χ0) is 25.3. The largest absolute Gasteiger partial charge is 0.492 e. The summed E-state index contributed by atoms with van der Waals surface area (Å²) in [5, 5.41) is 14.5. The predicted molar refractivity (Wildman–Crippen MR) is 138 cm³/mol. The van der Waals surface area contributed by atoms with Crippen LogP contribution >= 0.6 is 0 Å². The second-order valence-corrected chi connectivity index (χ2v) is 8.09. The van der Waals surface area contributed by atoms with E-state index in [1.54, 1.807) is 6.92 Å². The molecule has 0 fully saturated rings. The summed E-state index contributed by atoms with van der Waals surface area (Å²) in [6.45, 7) is 3.20. The lowest BCUT2D eigenvalue weighted by molar-refractivity contribution is -0.149. The third-order valence-corrected chi connectivity index (χ3v) is 5.67. The van der Waals surface area contributed by atoms with E-state index in [1.165, 1.54) is 7.11 Å². The standard InChI is InChI=1S/C28H29N3O5/c1-3-35-25(28(32)33)19-20-9-12-23(13-10-20)36-18-17-31-16-15-22-11-14-24(29-27(22)31)26(30-34-2)21-7-5-4-6-8-21/h4-16,25H,3,17-19H2,1-2H3,(H,32,33)/t25-/m0/s1. The van der Waals surface area contributed by atoms with E-state index in [2.05, 4.69) is 5.16 Å². The van der Waals surface area contributed by atoms with Crippen molar-refractivity contribution in [1.82, 2.24) is 9.55 Å². The van der Waals surface area contributed by atoms with Crippen LogP contribution in [0.4, 0.5) is 0 Å². The third kappa shape index (κ3) is 6.09. The number of carboxylic acid groups (broad SMARTS) is 1. The number of benzene rings is 2. The maximum absolute atomic E-state index is 11.3. The van der Waals surface area contributed by atoms with E-state index in [4.69, 9.17) is 19.3 Å². The number of aliphatic carboxylic acids is 1. The fraction of sp³-hybridized carbons (Fsp3) is 0.250. The Morgan fingerprint density at radius 2 is 1.83 bits per heavy atom. The number of hydrogen-bond acceptors (Lipinski definition) is 6. The van der Waals surface area contributed by atoms with Gasteiger partial charge in [0.05, 0.1) is 12.2 Å². The summed E-state index contributed by atoms with van der Waals surface area (Å²) >= 11 is 0. The fourth-order valence-corrected chi connectivity index (χ4v) is 3.92. The van der Waals surface area contributed by atoms with Crippen LogP contribution < -0.4 is 4.74 Å². The number of carboxylic acids is 1. The number of pyridine rings is 1. The first-order valence-electron chi connectivity index (χ1n) is 11.8. The van der Waals surface area contributed by atoms with E-state index in [0.717, 1.165) is 27.9 Å². The average molecular weight is 488 g/mol. The fourth-order valence-electron chi connectivity index (χ4n) is 3.92. The Bertz CT molecular complexity index is 1320. The van der Waals surface area contributed by atoms with Gasteiger partial charge in [-0.2, -0.15) is 0 Å². The Morgan fingerprint density at radius 3 is 2.53 bits per heavy atom. The molecule has 0 aliphatic rings. The second kappa shape index (κ2) is 12.0. The van der Waals surface area contributed by atoms with Gasteiger partial charge in [0, 0.05) is 30.2 Å². The molecule has 0 spiro atoms. The molecule has 0 aliphatic carbocycles. The number of hydrogen-bond donors (Lipinski definition) is 1. The average Bonchev–Trinajstić information content (AvgIpc) is 3.30. The molecule has 0 unspecified atom stereocenters. The quantitative estimate of drug-likeness (QED) is 0.233. The van der Waals surface area contributed by atoms with Crippen molar-refractivity contribution in [2.75, 3.05) is 20.3 Å². The van der Waals surface area contributed by atoms with Crippen molar-refractivity contribution in [2.45, 2.75) is 26.0 Å². The number of fused-ring (bicyclic) bond motifs is 1. The van der Waals surface area contributed by atoms with Gasteiger partial charge < -0.3 is 24.0 Å². The molecule has 4 aromatic rings.